The van der Waals surface area contributed by atoms with Crippen LogP contribution >= 0.6 is 0 Å². The van der Waals surface area contributed by atoms with Crippen LogP contribution in [0.2, 0.25) is 0 Å². The molecule has 0 aliphatic heterocycles. The van der Waals surface area contributed by atoms with Crippen molar-refractivity contribution < 1.29 is 14.7 Å². The SMILES string of the molecule is Cc1c(CO)c(-c2ccccc2)c2c(c1-c1ccccc1)C(=O)c1ccccc1C2=O. The Kier molecular flexibility index (Phi) is 4.61. The molecule has 0 saturated carbocycles. The molecule has 1 aliphatic rings. The zero-order valence-corrected chi connectivity index (χ0v) is 17.1. The number of rotatable bonds is 3. The van der Waals surface area contributed by atoms with Gasteiger partial charge in [0.05, 0.1) is 6.61 Å². The van der Waals surface area contributed by atoms with Crippen LogP contribution in [0, 0.1) is 6.92 Å². The third-order valence-electron chi connectivity index (χ3n) is 6.03. The minimum absolute atomic E-state index is 0.158. The van der Waals surface area contributed by atoms with Crippen molar-refractivity contribution >= 4 is 11.6 Å². The summed E-state index contributed by atoms with van der Waals surface area (Å²) in [5, 5.41) is 10.4. The van der Waals surface area contributed by atoms with Crippen molar-refractivity contribution in [3.05, 3.63) is 118 Å². The zero-order chi connectivity index (χ0) is 21.5. The summed E-state index contributed by atoms with van der Waals surface area (Å²) in [6, 6.07) is 26.1. The lowest BCUT2D eigenvalue weighted by atomic mass is 9.74. The molecular formula is C28H20O3. The fourth-order valence-corrected chi connectivity index (χ4v) is 4.62. The highest BCUT2D eigenvalue weighted by Gasteiger charge is 2.36. The molecule has 0 amide bonds. The van der Waals surface area contributed by atoms with Crippen LogP contribution < -0.4 is 0 Å². The molecule has 3 nitrogen and oxygen atoms in total. The summed E-state index contributed by atoms with van der Waals surface area (Å²) >= 11 is 0. The molecule has 1 N–H and O–H groups in total. The van der Waals surface area contributed by atoms with Crippen LogP contribution in [-0.4, -0.2) is 16.7 Å². The second kappa shape index (κ2) is 7.46. The van der Waals surface area contributed by atoms with Gasteiger partial charge in [-0.3, -0.25) is 9.59 Å². The highest BCUT2D eigenvalue weighted by molar-refractivity contribution is 6.32. The number of carbonyl (C=O) groups is 2. The lowest BCUT2D eigenvalue weighted by molar-refractivity contribution is 0.0980. The topological polar surface area (TPSA) is 54.4 Å². The Morgan fingerprint density at radius 3 is 1.48 bits per heavy atom. The fourth-order valence-electron chi connectivity index (χ4n) is 4.62. The van der Waals surface area contributed by atoms with E-state index in [4.69, 9.17) is 0 Å². The van der Waals surface area contributed by atoms with Gasteiger partial charge in [-0.05, 0) is 40.3 Å². The molecule has 150 valence electrons. The van der Waals surface area contributed by atoms with Crippen LogP contribution in [0.15, 0.2) is 84.9 Å². The molecular weight excluding hydrogens is 384 g/mol. The zero-order valence-electron chi connectivity index (χ0n) is 17.1. The van der Waals surface area contributed by atoms with Crippen LogP contribution in [0.3, 0.4) is 0 Å². The number of aliphatic hydroxyl groups excluding tert-OH is 1. The molecule has 1 aliphatic carbocycles. The first kappa shape index (κ1) is 19.2. The summed E-state index contributed by atoms with van der Waals surface area (Å²) in [5.74, 6) is -0.343. The maximum absolute atomic E-state index is 13.8. The predicted molar refractivity (Wildman–Crippen MR) is 121 cm³/mol. The summed E-state index contributed by atoms with van der Waals surface area (Å²) in [5.41, 5.74) is 6.13. The summed E-state index contributed by atoms with van der Waals surface area (Å²) in [7, 11) is 0. The van der Waals surface area contributed by atoms with Crippen molar-refractivity contribution in [2.24, 2.45) is 0 Å². The van der Waals surface area contributed by atoms with Crippen molar-refractivity contribution in [2.45, 2.75) is 13.5 Å². The van der Waals surface area contributed by atoms with E-state index in [1.807, 2.05) is 67.6 Å². The normalized spacial score (nSPS) is 12.5. The van der Waals surface area contributed by atoms with Crippen molar-refractivity contribution in [2.75, 3.05) is 0 Å². The molecule has 0 aromatic heterocycles. The summed E-state index contributed by atoms with van der Waals surface area (Å²) < 4.78 is 0. The lowest BCUT2D eigenvalue weighted by Crippen LogP contribution is -2.24. The standard InChI is InChI=1S/C28H20O3/c1-17-22(16-29)24(19-12-6-3-7-13-19)26-25(23(17)18-10-4-2-5-11-18)27(30)20-14-8-9-15-21(20)28(26)31/h2-15,29H,16H2,1H3. The van der Waals surface area contributed by atoms with E-state index >= 15 is 0 Å². The van der Waals surface area contributed by atoms with Crippen LogP contribution in [0.5, 0.6) is 0 Å². The van der Waals surface area contributed by atoms with E-state index < -0.39 is 0 Å². The van der Waals surface area contributed by atoms with Crippen molar-refractivity contribution in [1.29, 1.82) is 0 Å². The van der Waals surface area contributed by atoms with Crippen LogP contribution in [-0.2, 0) is 6.61 Å². The van der Waals surface area contributed by atoms with E-state index in [0.717, 1.165) is 16.7 Å². The third kappa shape index (κ3) is 2.86. The Morgan fingerprint density at radius 2 is 1.00 bits per heavy atom. The predicted octanol–water partition coefficient (Wildman–Crippen LogP) is 5.60. The van der Waals surface area contributed by atoms with Gasteiger partial charge in [0.25, 0.3) is 0 Å². The number of hydrogen-bond acceptors (Lipinski definition) is 3. The number of fused-ring (bicyclic) bond motifs is 2. The van der Waals surface area contributed by atoms with Crippen LogP contribution in [0.4, 0.5) is 0 Å². The molecule has 3 heteroatoms. The van der Waals surface area contributed by atoms with E-state index in [2.05, 4.69) is 0 Å². The molecule has 0 saturated heterocycles. The Bertz CT molecular complexity index is 1340. The van der Waals surface area contributed by atoms with Crippen LogP contribution in [0.1, 0.15) is 43.0 Å². The summed E-state index contributed by atoms with van der Waals surface area (Å²) in [6.45, 7) is 1.69. The van der Waals surface area contributed by atoms with Gasteiger partial charge in [-0.1, -0.05) is 84.9 Å². The molecule has 0 spiro atoms. The molecule has 0 atom stereocenters. The largest absolute Gasteiger partial charge is 0.392 e. The Morgan fingerprint density at radius 1 is 0.581 bits per heavy atom. The first-order valence-corrected chi connectivity index (χ1v) is 10.2. The highest BCUT2D eigenvalue weighted by Crippen LogP contribution is 2.44. The Balaban J connectivity index is 1.98. The van der Waals surface area contributed by atoms with Gasteiger partial charge in [0.1, 0.15) is 0 Å². The minimum atomic E-state index is -0.230. The van der Waals surface area contributed by atoms with Crippen molar-refractivity contribution in [3.8, 4) is 22.3 Å². The van der Waals surface area contributed by atoms with Gasteiger partial charge in [0.2, 0.25) is 0 Å². The fraction of sp³-hybridized carbons (Fsp3) is 0.0714. The number of carbonyl (C=O) groups excluding carboxylic acids is 2. The number of ketones is 2. The molecule has 0 heterocycles. The van der Waals surface area contributed by atoms with Crippen LogP contribution in [0.25, 0.3) is 22.3 Å². The molecule has 0 radical (unpaired) electrons. The molecule has 0 fully saturated rings. The number of aliphatic hydroxyl groups is 1. The highest BCUT2D eigenvalue weighted by atomic mass is 16.3. The molecule has 0 unspecified atom stereocenters. The quantitative estimate of drug-likeness (QED) is 0.426. The second-order valence-corrected chi connectivity index (χ2v) is 7.70. The van der Waals surface area contributed by atoms with Crippen molar-refractivity contribution in [3.63, 3.8) is 0 Å². The van der Waals surface area contributed by atoms with Gasteiger partial charge >= 0.3 is 0 Å². The van der Waals surface area contributed by atoms with E-state index in [1.54, 1.807) is 24.3 Å². The van der Waals surface area contributed by atoms with Crippen molar-refractivity contribution in [1.82, 2.24) is 0 Å². The first-order valence-electron chi connectivity index (χ1n) is 10.2. The Hall–Kier alpha value is -3.82. The van der Waals surface area contributed by atoms with E-state index in [9.17, 15) is 14.7 Å². The summed E-state index contributed by atoms with van der Waals surface area (Å²) in [6.07, 6.45) is 0. The number of benzene rings is 4. The molecule has 4 aromatic rings. The van der Waals surface area contributed by atoms with E-state index in [0.29, 0.717) is 38.9 Å². The average molecular weight is 404 g/mol. The van der Waals surface area contributed by atoms with Gasteiger partial charge in [0.15, 0.2) is 11.6 Å². The lowest BCUT2D eigenvalue weighted by Gasteiger charge is -2.27. The van der Waals surface area contributed by atoms with E-state index in [-0.39, 0.29) is 18.2 Å². The molecule has 4 aromatic carbocycles. The minimum Gasteiger partial charge on any atom is -0.392 e. The van der Waals surface area contributed by atoms with Gasteiger partial charge < -0.3 is 5.11 Å². The maximum Gasteiger partial charge on any atom is 0.195 e. The van der Waals surface area contributed by atoms with Gasteiger partial charge in [-0.15, -0.1) is 0 Å². The number of hydrogen-bond donors (Lipinski definition) is 1. The van der Waals surface area contributed by atoms with E-state index in [1.165, 1.54) is 0 Å². The molecule has 5 rings (SSSR count). The first-order chi connectivity index (χ1) is 15.1. The molecule has 31 heavy (non-hydrogen) atoms. The van der Waals surface area contributed by atoms with Gasteiger partial charge in [-0.25, -0.2) is 0 Å². The second-order valence-electron chi connectivity index (χ2n) is 7.70. The smallest absolute Gasteiger partial charge is 0.195 e. The van der Waals surface area contributed by atoms with Gasteiger partial charge in [0, 0.05) is 22.3 Å². The average Bonchev–Trinajstić information content (AvgIpc) is 2.82. The van der Waals surface area contributed by atoms with Gasteiger partial charge in [-0.2, -0.15) is 0 Å². The Labute approximate surface area is 180 Å². The summed E-state index contributed by atoms with van der Waals surface area (Å²) in [4.78, 5) is 27.5. The monoisotopic (exact) mass is 404 g/mol. The molecule has 0 bridgehead atoms. The maximum atomic E-state index is 13.8. The third-order valence-corrected chi connectivity index (χ3v) is 6.03.